The van der Waals surface area contributed by atoms with E-state index in [0.717, 1.165) is 6.42 Å². The summed E-state index contributed by atoms with van der Waals surface area (Å²) in [7, 11) is 0. The quantitative estimate of drug-likeness (QED) is 0.592. The fraction of sp³-hybridized carbons (Fsp3) is 0.312. The molecular weight excluding hydrogens is 270 g/mol. The van der Waals surface area contributed by atoms with E-state index in [1.165, 1.54) is 0 Å². The van der Waals surface area contributed by atoms with Gasteiger partial charge in [-0.1, -0.05) is 30.3 Å². The van der Waals surface area contributed by atoms with E-state index in [9.17, 15) is 9.59 Å². The number of hydrogen-bond acceptors (Lipinski definition) is 4. The number of benzene rings is 1. The fourth-order valence-electron chi connectivity index (χ4n) is 1.99. The van der Waals surface area contributed by atoms with Crippen molar-refractivity contribution < 1.29 is 23.6 Å². The molecule has 1 heterocycles. The largest absolute Gasteiger partial charge is 0.463 e. The Balaban J connectivity index is 2.06. The standard InChI is InChI=1S/C16H18NO4/c1-2-20-16(19)15(13-8-4-3-5-9-13)21-14(18)12-17-10-6-7-11-17/h3-6,8-11,15H,2,7,12H2,1H3/q+1. The maximum atomic E-state index is 12.0. The number of nitrogens with zero attached hydrogens (tertiary/aromatic N) is 1. The van der Waals surface area contributed by atoms with Crippen LogP contribution in [0.1, 0.15) is 25.0 Å². The highest BCUT2D eigenvalue weighted by Gasteiger charge is 2.27. The van der Waals surface area contributed by atoms with E-state index in [1.54, 1.807) is 35.8 Å². The van der Waals surface area contributed by atoms with Crippen LogP contribution in [-0.4, -0.2) is 35.9 Å². The van der Waals surface area contributed by atoms with Gasteiger partial charge in [0.15, 0.2) is 6.20 Å². The lowest BCUT2D eigenvalue weighted by molar-refractivity contribution is -0.440. The zero-order chi connectivity index (χ0) is 15.1. The van der Waals surface area contributed by atoms with Crippen LogP contribution in [0.25, 0.3) is 0 Å². The Kier molecular flexibility index (Phi) is 5.26. The van der Waals surface area contributed by atoms with Gasteiger partial charge in [-0.2, -0.15) is 4.58 Å². The average Bonchev–Trinajstić information content (AvgIpc) is 2.98. The van der Waals surface area contributed by atoms with Crippen molar-refractivity contribution in [1.82, 2.24) is 0 Å². The van der Waals surface area contributed by atoms with Gasteiger partial charge >= 0.3 is 11.9 Å². The van der Waals surface area contributed by atoms with Gasteiger partial charge in [-0.15, -0.1) is 0 Å². The van der Waals surface area contributed by atoms with Crippen molar-refractivity contribution in [2.75, 3.05) is 13.2 Å². The van der Waals surface area contributed by atoms with Gasteiger partial charge in [0, 0.05) is 12.0 Å². The number of hydrogen-bond donors (Lipinski definition) is 0. The molecule has 1 aliphatic rings. The molecule has 0 bridgehead atoms. The number of allylic oxidation sites excluding steroid dienone is 1. The third-order valence-electron chi connectivity index (χ3n) is 2.94. The van der Waals surface area contributed by atoms with E-state index in [1.807, 2.05) is 24.6 Å². The highest BCUT2D eigenvalue weighted by molar-refractivity contribution is 5.81. The zero-order valence-electron chi connectivity index (χ0n) is 11.9. The minimum Gasteiger partial charge on any atom is -0.463 e. The molecule has 0 aromatic heterocycles. The van der Waals surface area contributed by atoms with Gasteiger partial charge in [0.1, 0.15) is 6.21 Å². The maximum Gasteiger partial charge on any atom is 0.373 e. The predicted octanol–water partition coefficient (Wildman–Crippen LogP) is 1.83. The van der Waals surface area contributed by atoms with Crippen molar-refractivity contribution >= 4 is 18.2 Å². The first kappa shape index (κ1) is 15.0. The van der Waals surface area contributed by atoms with Crippen LogP contribution in [0.3, 0.4) is 0 Å². The van der Waals surface area contributed by atoms with E-state index in [2.05, 4.69) is 0 Å². The summed E-state index contributed by atoms with van der Waals surface area (Å²) >= 11 is 0. The third kappa shape index (κ3) is 4.27. The van der Waals surface area contributed by atoms with Crippen LogP contribution in [-0.2, 0) is 19.1 Å². The highest BCUT2D eigenvalue weighted by Crippen LogP contribution is 2.19. The molecule has 0 spiro atoms. The molecule has 0 amide bonds. The lowest BCUT2D eigenvalue weighted by Gasteiger charge is -2.15. The molecule has 0 aliphatic carbocycles. The Morgan fingerprint density at radius 2 is 2.05 bits per heavy atom. The minimum atomic E-state index is -1.02. The Hall–Kier alpha value is -2.43. The molecule has 5 heteroatoms. The van der Waals surface area contributed by atoms with Crippen LogP contribution in [0.15, 0.2) is 42.6 Å². The number of carbonyl (C=O) groups is 2. The van der Waals surface area contributed by atoms with Gasteiger partial charge in [-0.25, -0.2) is 9.59 Å². The van der Waals surface area contributed by atoms with Crippen LogP contribution in [0.4, 0.5) is 0 Å². The van der Waals surface area contributed by atoms with Crippen molar-refractivity contribution in [3.8, 4) is 0 Å². The molecule has 1 aliphatic heterocycles. The van der Waals surface area contributed by atoms with Crippen molar-refractivity contribution in [2.45, 2.75) is 19.4 Å². The second-order valence-corrected chi connectivity index (χ2v) is 4.51. The topological polar surface area (TPSA) is 55.6 Å². The van der Waals surface area contributed by atoms with Gasteiger partial charge in [0.05, 0.1) is 6.61 Å². The molecule has 1 aromatic carbocycles. The summed E-state index contributed by atoms with van der Waals surface area (Å²) in [6, 6.07) is 8.86. The second-order valence-electron chi connectivity index (χ2n) is 4.51. The molecule has 21 heavy (non-hydrogen) atoms. The summed E-state index contributed by atoms with van der Waals surface area (Å²) in [5, 5.41) is 0. The molecule has 0 fully saturated rings. The summed E-state index contributed by atoms with van der Waals surface area (Å²) < 4.78 is 12.0. The summed E-state index contributed by atoms with van der Waals surface area (Å²) in [6.07, 6.45) is 5.40. The van der Waals surface area contributed by atoms with Crippen LogP contribution >= 0.6 is 0 Å². The van der Waals surface area contributed by atoms with Crippen molar-refractivity contribution in [3.63, 3.8) is 0 Å². The molecule has 110 valence electrons. The zero-order valence-corrected chi connectivity index (χ0v) is 11.9. The molecule has 1 atom stereocenters. The number of ether oxygens (including phenoxy) is 2. The molecule has 0 radical (unpaired) electrons. The summed E-state index contributed by atoms with van der Waals surface area (Å²) in [6.45, 7) is 2.04. The maximum absolute atomic E-state index is 12.0. The monoisotopic (exact) mass is 288 g/mol. The van der Waals surface area contributed by atoms with Gasteiger partial charge in [-0.3, -0.25) is 0 Å². The van der Waals surface area contributed by atoms with Crippen molar-refractivity contribution in [2.24, 2.45) is 0 Å². The molecule has 2 rings (SSSR count). The Morgan fingerprint density at radius 1 is 1.29 bits per heavy atom. The first-order chi connectivity index (χ1) is 10.2. The minimum absolute atomic E-state index is 0.0826. The first-order valence-electron chi connectivity index (χ1n) is 6.87. The smallest absolute Gasteiger partial charge is 0.373 e. The molecule has 0 saturated heterocycles. The number of rotatable bonds is 6. The average molecular weight is 288 g/mol. The summed E-state index contributed by atoms with van der Waals surface area (Å²) in [5.74, 6) is -1.03. The van der Waals surface area contributed by atoms with Gasteiger partial charge in [-0.05, 0) is 13.0 Å². The number of esters is 2. The van der Waals surface area contributed by atoms with Crippen LogP contribution in [0.5, 0.6) is 0 Å². The fourth-order valence-corrected chi connectivity index (χ4v) is 1.99. The lowest BCUT2D eigenvalue weighted by atomic mass is 10.1. The van der Waals surface area contributed by atoms with Crippen molar-refractivity contribution in [1.29, 1.82) is 0 Å². The normalized spacial score (nSPS) is 14.4. The molecule has 0 saturated carbocycles. The number of carbonyl (C=O) groups excluding carboxylic acids is 2. The van der Waals surface area contributed by atoms with Gasteiger partial charge in [0.2, 0.25) is 12.6 Å². The lowest BCUT2D eigenvalue weighted by Crippen LogP contribution is -2.26. The summed E-state index contributed by atoms with van der Waals surface area (Å²) in [4.78, 5) is 23.9. The molecular formula is C16H18NO4+. The molecule has 0 N–H and O–H groups in total. The van der Waals surface area contributed by atoms with Gasteiger partial charge in [0.25, 0.3) is 0 Å². The highest BCUT2D eigenvalue weighted by atomic mass is 16.6. The Bertz CT molecular complexity index is 563. The SMILES string of the molecule is CCOC(=O)C(OC(=O)C[N+]1=CCC=C1)c1ccccc1. The molecule has 1 aromatic rings. The van der Waals surface area contributed by atoms with Crippen LogP contribution in [0.2, 0.25) is 0 Å². The van der Waals surface area contributed by atoms with Crippen LogP contribution < -0.4 is 0 Å². The summed E-state index contributed by atoms with van der Waals surface area (Å²) in [5.41, 5.74) is 0.602. The van der Waals surface area contributed by atoms with E-state index in [4.69, 9.17) is 9.47 Å². The van der Waals surface area contributed by atoms with Crippen molar-refractivity contribution in [3.05, 3.63) is 48.2 Å². The third-order valence-corrected chi connectivity index (χ3v) is 2.94. The molecule has 1 unspecified atom stereocenters. The first-order valence-corrected chi connectivity index (χ1v) is 6.87. The molecule has 5 nitrogen and oxygen atoms in total. The van der Waals surface area contributed by atoms with Crippen LogP contribution in [0, 0.1) is 0 Å². The Morgan fingerprint density at radius 3 is 2.67 bits per heavy atom. The van der Waals surface area contributed by atoms with E-state index in [-0.39, 0.29) is 13.2 Å². The predicted molar refractivity (Wildman–Crippen MR) is 76.9 cm³/mol. The van der Waals surface area contributed by atoms with E-state index in [0.29, 0.717) is 5.56 Å². The Labute approximate surface area is 123 Å². The van der Waals surface area contributed by atoms with E-state index < -0.39 is 18.0 Å². The van der Waals surface area contributed by atoms with Gasteiger partial charge < -0.3 is 9.47 Å². The second kappa shape index (κ2) is 7.38. The van der Waals surface area contributed by atoms with E-state index >= 15 is 0 Å².